The van der Waals surface area contributed by atoms with Crippen LogP contribution in [0.4, 0.5) is 0 Å². The number of amides is 1. The van der Waals surface area contributed by atoms with Gasteiger partial charge in [-0.1, -0.05) is 6.07 Å². The lowest BCUT2D eigenvalue weighted by Gasteiger charge is -2.35. The van der Waals surface area contributed by atoms with Crippen LogP contribution in [0.15, 0.2) is 18.2 Å². The highest BCUT2D eigenvalue weighted by atomic mass is 16.5. The fourth-order valence-electron chi connectivity index (χ4n) is 2.72. The summed E-state index contributed by atoms with van der Waals surface area (Å²) in [6.07, 6.45) is -0.0783. The van der Waals surface area contributed by atoms with Crippen LogP contribution in [0.5, 0.6) is 11.5 Å². The number of ether oxygens (including phenoxy) is 4. The SMILES string of the molecule is COc1cccc(OC)c1C(=O)OCC(=O)N1C[C@@H](C)O[C@H](C)C1. The molecule has 1 saturated heterocycles. The molecule has 1 aliphatic heterocycles. The maximum atomic E-state index is 12.3. The summed E-state index contributed by atoms with van der Waals surface area (Å²) in [6, 6.07) is 4.97. The van der Waals surface area contributed by atoms with E-state index < -0.39 is 5.97 Å². The first-order chi connectivity index (χ1) is 11.5. The Morgan fingerprint density at radius 2 is 1.67 bits per heavy atom. The molecule has 24 heavy (non-hydrogen) atoms. The van der Waals surface area contributed by atoms with Crippen LogP contribution in [-0.4, -0.2) is 62.9 Å². The molecule has 7 heteroatoms. The van der Waals surface area contributed by atoms with Crippen molar-refractivity contribution in [2.75, 3.05) is 33.9 Å². The van der Waals surface area contributed by atoms with Crippen molar-refractivity contribution in [3.8, 4) is 11.5 Å². The van der Waals surface area contributed by atoms with Crippen LogP contribution < -0.4 is 9.47 Å². The quantitative estimate of drug-likeness (QED) is 0.758. The Bertz CT molecular complexity index is 570. The third-order valence-corrected chi connectivity index (χ3v) is 3.73. The number of carbonyl (C=O) groups excluding carboxylic acids is 2. The molecular weight excluding hydrogens is 314 g/mol. The van der Waals surface area contributed by atoms with Gasteiger partial charge in [0, 0.05) is 13.1 Å². The Morgan fingerprint density at radius 3 is 2.17 bits per heavy atom. The topological polar surface area (TPSA) is 74.3 Å². The van der Waals surface area contributed by atoms with E-state index in [4.69, 9.17) is 18.9 Å². The number of rotatable bonds is 5. The Morgan fingerprint density at radius 1 is 1.12 bits per heavy atom. The lowest BCUT2D eigenvalue weighted by Crippen LogP contribution is -2.49. The average Bonchev–Trinajstić information content (AvgIpc) is 2.57. The first kappa shape index (κ1) is 18.1. The van der Waals surface area contributed by atoms with Crippen molar-refractivity contribution in [3.63, 3.8) is 0 Å². The van der Waals surface area contributed by atoms with Gasteiger partial charge in [-0.15, -0.1) is 0 Å². The molecule has 0 aliphatic carbocycles. The van der Waals surface area contributed by atoms with E-state index in [-0.39, 0.29) is 30.3 Å². The molecule has 0 aromatic heterocycles. The second kappa shape index (κ2) is 8.01. The standard InChI is InChI=1S/C17H23NO6/c1-11-8-18(9-12(2)24-11)15(19)10-23-17(20)16-13(21-3)6-5-7-14(16)22-4/h5-7,11-12H,8-10H2,1-4H3/t11-,12-/m1/s1. The molecule has 2 atom stereocenters. The molecule has 0 radical (unpaired) electrons. The van der Waals surface area contributed by atoms with E-state index in [1.165, 1.54) is 14.2 Å². The minimum Gasteiger partial charge on any atom is -0.496 e. The molecule has 0 bridgehead atoms. The molecule has 1 aliphatic rings. The normalized spacial score (nSPS) is 20.4. The van der Waals surface area contributed by atoms with E-state index in [2.05, 4.69) is 0 Å². The molecular formula is C17H23NO6. The molecule has 1 aromatic rings. The Kier molecular flexibility index (Phi) is 6.03. The lowest BCUT2D eigenvalue weighted by atomic mass is 10.2. The van der Waals surface area contributed by atoms with E-state index in [0.29, 0.717) is 24.6 Å². The number of nitrogens with zero attached hydrogens (tertiary/aromatic N) is 1. The summed E-state index contributed by atoms with van der Waals surface area (Å²) in [5.41, 5.74) is 0.166. The summed E-state index contributed by atoms with van der Waals surface area (Å²) >= 11 is 0. The maximum absolute atomic E-state index is 12.3. The van der Waals surface area contributed by atoms with Gasteiger partial charge in [0.1, 0.15) is 17.1 Å². The fourth-order valence-corrected chi connectivity index (χ4v) is 2.72. The van der Waals surface area contributed by atoms with Gasteiger partial charge in [0.2, 0.25) is 0 Å². The monoisotopic (exact) mass is 337 g/mol. The Labute approximate surface area is 141 Å². The number of hydrogen-bond acceptors (Lipinski definition) is 6. The van der Waals surface area contributed by atoms with Gasteiger partial charge in [-0.25, -0.2) is 4.79 Å². The van der Waals surface area contributed by atoms with E-state index in [9.17, 15) is 9.59 Å². The van der Waals surface area contributed by atoms with Gasteiger partial charge in [0.15, 0.2) is 6.61 Å². The number of esters is 1. The van der Waals surface area contributed by atoms with Crippen LogP contribution in [0.2, 0.25) is 0 Å². The molecule has 1 fully saturated rings. The zero-order valence-corrected chi connectivity index (χ0v) is 14.4. The highest BCUT2D eigenvalue weighted by molar-refractivity contribution is 5.96. The molecule has 7 nitrogen and oxygen atoms in total. The van der Waals surface area contributed by atoms with Crippen molar-refractivity contribution in [1.29, 1.82) is 0 Å². The molecule has 0 unspecified atom stereocenters. The smallest absolute Gasteiger partial charge is 0.346 e. The minimum atomic E-state index is -0.660. The molecule has 0 N–H and O–H groups in total. The number of methoxy groups -OCH3 is 2. The van der Waals surface area contributed by atoms with Crippen LogP contribution in [0, 0.1) is 0 Å². The Balaban J connectivity index is 2.02. The van der Waals surface area contributed by atoms with Crippen LogP contribution in [0.1, 0.15) is 24.2 Å². The van der Waals surface area contributed by atoms with E-state index in [0.717, 1.165) is 0 Å². The van der Waals surface area contributed by atoms with Crippen molar-refractivity contribution in [3.05, 3.63) is 23.8 Å². The molecule has 1 heterocycles. The zero-order chi connectivity index (χ0) is 17.7. The van der Waals surface area contributed by atoms with Gasteiger partial charge < -0.3 is 23.8 Å². The predicted molar refractivity (Wildman–Crippen MR) is 86.4 cm³/mol. The molecule has 2 rings (SSSR count). The fraction of sp³-hybridized carbons (Fsp3) is 0.529. The highest BCUT2D eigenvalue weighted by Gasteiger charge is 2.27. The van der Waals surface area contributed by atoms with Crippen molar-refractivity contribution >= 4 is 11.9 Å². The largest absolute Gasteiger partial charge is 0.496 e. The van der Waals surface area contributed by atoms with Crippen LogP contribution in [-0.2, 0) is 14.3 Å². The molecule has 0 saturated carbocycles. The van der Waals surface area contributed by atoms with E-state index in [1.807, 2.05) is 13.8 Å². The van der Waals surface area contributed by atoms with Gasteiger partial charge in [-0.2, -0.15) is 0 Å². The minimum absolute atomic E-state index is 0.0392. The second-order valence-corrected chi connectivity index (χ2v) is 5.67. The second-order valence-electron chi connectivity index (χ2n) is 5.67. The van der Waals surface area contributed by atoms with Crippen molar-refractivity contribution in [1.82, 2.24) is 4.90 Å². The van der Waals surface area contributed by atoms with Gasteiger partial charge in [0.05, 0.1) is 26.4 Å². The van der Waals surface area contributed by atoms with Crippen molar-refractivity contribution in [2.45, 2.75) is 26.1 Å². The third-order valence-electron chi connectivity index (χ3n) is 3.73. The first-order valence-electron chi connectivity index (χ1n) is 7.77. The summed E-state index contributed by atoms with van der Waals surface area (Å²) < 4.78 is 21.1. The van der Waals surface area contributed by atoms with Crippen LogP contribution in [0.3, 0.4) is 0 Å². The maximum Gasteiger partial charge on any atom is 0.346 e. The third kappa shape index (κ3) is 4.17. The number of hydrogen-bond donors (Lipinski definition) is 0. The molecule has 1 amide bonds. The van der Waals surface area contributed by atoms with Gasteiger partial charge >= 0.3 is 5.97 Å². The molecule has 1 aromatic carbocycles. The average molecular weight is 337 g/mol. The van der Waals surface area contributed by atoms with E-state index >= 15 is 0 Å². The first-order valence-corrected chi connectivity index (χ1v) is 7.77. The van der Waals surface area contributed by atoms with Crippen molar-refractivity contribution in [2.24, 2.45) is 0 Å². The Hall–Kier alpha value is -2.28. The van der Waals surface area contributed by atoms with Gasteiger partial charge in [-0.05, 0) is 26.0 Å². The number of benzene rings is 1. The number of carbonyl (C=O) groups is 2. The zero-order valence-electron chi connectivity index (χ0n) is 14.4. The highest BCUT2D eigenvalue weighted by Crippen LogP contribution is 2.28. The summed E-state index contributed by atoms with van der Waals surface area (Å²) in [5, 5.41) is 0. The molecule has 0 spiro atoms. The summed E-state index contributed by atoms with van der Waals surface area (Å²) in [6.45, 7) is 4.44. The van der Waals surface area contributed by atoms with Gasteiger partial charge in [-0.3, -0.25) is 4.79 Å². The summed E-state index contributed by atoms with van der Waals surface area (Å²) in [4.78, 5) is 26.3. The van der Waals surface area contributed by atoms with Crippen LogP contribution >= 0.6 is 0 Å². The van der Waals surface area contributed by atoms with Crippen molar-refractivity contribution < 1.29 is 28.5 Å². The van der Waals surface area contributed by atoms with Crippen LogP contribution in [0.25, 0.3) is 0 Å². The van der Waals surface area contributed by atoms with Gasteiger partial charge in [0.25, 0.3) is 5.91 Å². The number of morpholine rings is 1. The summed E-state index contributed by atoms with van der Waals surface area (Å²) in [7, 11) is 2.90. The lowest BCUT2D eigenvalue weighted by molar-refractivity contribution is -0.146. The van der Waals surface area contributed by atoms with E-state index in [1.54, 1.807) is 23.1 Å². The predicted octanol–water partition coefficient (Wildman–Crippen LogP) is 1.50. The summed E-state index contributed by atoms with van der Waals surface area (Å²) in [5.74, 6) is -0.243. The molecule has 132 valence electrons.